The van der Waals surface area contributed by atoms with Gasteiger partial charge in [-0.3, -0.25) is 4.90 Å². The topological polar surface area (TPSA) is 65.5 Å². The molecule has 3 aromatic carbocycles. The van der Waals surface area contributed by atoms with Crippen molar-refractivity contribution >= 4 is 17.3 Å². The van der Waals surface area contributed by atoms with Crippen LogP contribution in [0.3, 0.4) is 0 Å². The molecule has 1 atom stereocenters. The Balaban J connectivity index is 0.00000387. The molecule has 1 aromatic heterocycles. The zero-order valence-corrected chi connectivity index (χ0v) is 27.2. The van der Waals surface area contributed by atoms with Crippen LogP contribution in [-0.4, -0.2) is 21.9 Å². The van der Waals surface area contributed by atoms with Crippen molar-refractivity contribution in [3.63, 3.8) is 0 Å². The van der Waals surface area contributed by atoms with Gasteiger partial charge < -0.3 is 14.6 Å². The van der Waals surface area contributed by atoms with E-state index in [0.29, 0.717) is 32.0 Å². The summed E-state index contributed by atoms with van der Waals surface area (Å²) in [5.74, 6) is 0.438. The van der Waals surface area contributed by atoms with E-state index in [1.165, 1.54) is 42.4 Å². The predicted octanol–water partition coefficient (Wildman–Crippen LogP) is 3.75. The maximum atomic E-state index is 11.9. The van der Waals surface area contributed by atoms with Gasteiger partial charge in [0.25, 0.3) is 0 Å². The molecule has 5 rings (SSSR count). The van der Waals surface area contributed by atoms with E-state index in [4.69, 9.17) is 9.72 Å². The third-order valence-electron chi connectivity index (χ3n) is 7.79. The van der Waals surface area contributed by atoms with Crippen molar-refractivity contribution < 1.29 is 44.2 Å². The predicted molar refractivity (Wildman–Crippen MR) is 159 cm³/mol. The maximum Gasteiger partial charge on any atom is 1.00 e. The van der Waals surface area contributed by atoms with Crippen LogP contribution in [0.4, 0.5) is 0 Å². The molecule has 0 fully saturated rings. The van der Waals surface area contributed by atoms with Gasteiger partial charge in [0.2, 0.25) is 0 Å². The number of ether oxygens (including phenoxy) is 1. The number of aliphatic carboxylic acids is 1. The summed E-state index contributed by atoms with van der Waals surface area (Å²) in [6, 6.07) is 24.3. The SMILES string of the molecule is CCCC(CCC)c1ccc(COc2ccc(-c3csc(CN4Cc5ccccc5C[C@H]4C(=O)[O-])n3)cc2)cc1.[Na+]. The van der Waals surface area contributed by atoms with Crippen LogP contribution in [0, 0.1) is 0 Å². The standard InChI is InChI=1S/C34H38N2O3S.Na/c1-3-7-25(8-4-2)26-13-11-24(12-14-26)22-39-30-17-15-27(16-18-30)31-23-40-33(35-31)21-36-20-29-10-6-5-9-28(29)19-32(36)34(37)38;/h5-6,9-18,23,25,32H,3-4,7-8,19-22H2,1-2H3,(H,37,38);/q;+1/p-1/t32-;/m0./s1. The van der Waals surface area contributed by atoms with Crippen LogP contribution in [0.2, 0.25) is 0 Å². The molecular formula is C34H37N2NaO3S. The number of hydrogen-bond acceptors (Lipinski definition) is 6. The van der Waals surface area contributed by atoms with Gasteiger partial charge in [-0.2, -0.15) is 0 Å². The van der Waals surface area contributed by atoms with Gasteiger partial charge in [-0.05, 0) is 71.7 Å². The van der Waals surface area contributed by atoms with Crippen LogP contribution in [0.1, 0.15) is 72.7 Å². The zero-order valence-electron chi connectivity index (χ0n) is 24.3. The van der Waals surface area contributed by atoms with Crippen LogP contribution in [-0.2, 0) is 30.9 Å². The summed E-state index contributed by atoms with van der Waals surface area (Å²) in [5.41, 5.74) is 6.74. The summed E-state index contributed by atoms with van der Waals surface area (Å²) in [4.78, 5) is 18.7. The van der Waals surface area contributed by atoms with Crippen molar-refractivity contribution in [2.75, 3.05) is 0 Å². The van der Waals surface area contributed by atoms with E-state index in [1.54, 1.807) is 11.3 Å². The van der Waals surface area contributed by atoms with Gasteiger partial charge in [-0.1, -0.05) is 75.2 Å². The first-order chi connectivity index (χ1) is 19.5. The Kier molecular flexibility index (Phi) is 11.6. The fourth-order valence-corrected chi connectivity index (χ4v) is 6.44. The molecule has 0 unspecified atom stereocenters. The normalized spacial score (nSPS) is 14.9. The minimum Gasteiger partial charge on any atom is -0.548 e. The first-order valence-electron chi connectivity index (χ1n) is 14.3. The van der Waals surface area contributed by atoms with Gasteiger partial charge in [0.1, 0.15) is 17.4 Å². The fourth-order valence-electron chi connectivity index (χ4n) is 5.61. The molecule has 0 spiro atoms. The summed E-state index contributed by atoms with van der Waals surface area (Å²) in [5, 5.41) is 14.8. The van der Waals surface area contributed by atoms with Crippen LogP contribution in [0.25, 0.3) is 11.3 Å². The average molecular weight is 577 g/mol. The molecule has 1 aliphatic heterocycles. The first kappa shape index (κ1) is 31.5. The molecule has 0 aliphatic carbocycles. The molecule has 0 saturated carbocycles. The van der Waals surface area contributed by atoms with E-state index in [1.807, 2.05) is 52.7 Å². The quantitative estimate of drug-likeness (QED) is 0.241. The van der Waals surface area contributed by atoms with Gasteiger partial charge in [-0.25, -0.2) is 4.98 Å². The number of nitrogens with zero attached hydrogens (tertiary/aromatic N) is 2. The molecule has 0 bridgehead atoms. The molecule has 0 radical (unpaired) electrons. The minimum atomic E-state index is -1.03. The number of benzene rings is 3. The molecular weight excluding hydrogens is 539 g/mol. The molecule has 41 heavy (non-hydrogen) atoms. The van der Waals surface area contributed by atoms with Crippen molar-refractivity contribution in [3.05, 3.63) is 105 Å². The van der Waals surface area contributed by atoms with E-state index in [9.17, 15) is 9.90 Å². The second-order valence-electron chi connectivity index (χ2n) is 10.7. The summed E-state index contributed by atoms with van der Waals surface area (Å²) in [6.45, 7) is 6.11. The summed E-state index contributed by atoms with van der Waals surface area (Å²) >= 11 is 1.56. The number of fused-ring (bicyclic) bond motifs is 1. The average Bonchev–Trinajstić information content (AvgIpc) is 3.44. The Morgan fingerprint density at radius 1 is 1.00 bits per heavy atom. The molecule has 0 saturated heterocycles. The van der Waals surface area contributed by atoms with Gasteiger partial charge in [0, 0.05) is 17.5 Å². The Morgan fingerprint density at radius 3 is 2.34 bits per heavy atom. The molecule has 0 N–H and O–H groups in total. The number of carbonyl (C=O) groups is 1. The summed E-state index contributed by atoms with van der Waals surface area (Å²) in [6.07, 6.45) is 5.36. The van der Waals surface area contributed by atoms with Gasteiger partial charge in [0.05, 0.1) is 24.2 Å². The van der Waals surface area contributed by atoms with Crippen molar-refractivity contribution in [2.24, 2.45) is 0 Å². The number of rotatable bonds is 12. The first-order valence-corrected chi connectivity index (χ1v) is 15.2. The van der Waals surface area contributed by atoms with E-state index < -0.39 is 12.0 Å². The number of thiazole rings is 1. The summed E-state index contributed by atoms with van der Waals surface area (Å²) < 4.78 is 6.06. The van der Waals surface area contributed by atoms with Crippen molar-refractivity contribution in [3.8, 4) is 17.0 Å². The van der Waals surface area contributed by atoms with Gasteiger partial charge >= 0.3 is 29.6 Å². The number of carboxylic acid groups (broad SMARTS) is 1. The third kappa shape index (κ3) is 8.08. The Hall–Kier alpha value is -2.48. The van der Waals surface area contributed by atoms with E-state index >= 15 is 0 Å². The molecule has 4 aromatic rings. The number of hydrogen-bond donors (Lipinski definition) is 0. The van der Waals surface area contributed by atoms with E-state index in [-0.39, 0.29) is 29.6 Å². The fraction of sp³-hybridized carbons (Fsp3) is 0.353. The number of carbonyl (C=O) groups excluding carboxylic acids is 1. The molecule has 208 valence electrons. The Bertz CT molecular complexity index is 1400. The number of aromatic nitrogens is 1. The van der Waals surface area contributed by atoms with Gasteiger partial charge in [-0.15, -0.1) is 11.3 Å². The minimum absolute atomic E-state index is 0. The Labute approximate surface area is 269 Å². The van der Waals surface area contributed by atoms with Crippen molar-refractivity contribution in [2.45, 2.75) is 77.6 Å². The Morgan fingerprint density at radius 2 is 1.68 bits per heavy atom. The molecule has 7 heteroatoms. The second kappa shape index (κ2) is 15.1. The summed E-state index contributed by atoms with van der Waals surface area (Å²) in [7, 11) is 0. The molecule has 5 nitrogen and oxygen atoms in total. The zero-order chi connectivity index (χ0) is 27.9. The molecule has 1 aliphatic rings. The maximum absolute atomic E-state index is 11.9. The smallest absolute Gasteiger partial charge is 0.548 e. The third-order valence-corrected chi connectivity index (χ3v) is 8.62. The van der Waals surface area contributed by atoms with Crippen molar-refractivity contribution in [1.29, 1.82) is 0 Å². The van der Waals surface area contributed by atoms with Crippen LogP contribution < -0.4 is 39.4 Å². The van der Waals surface area contributed by atoms with E-state index in [0.717, 1.165) is 27.6 Å². The van der Waals surface area contributed by atoms with Crippen LogP contribution >= 0.6 is 11.3 Å². The monoisotopic (exact) mass is 576 g/mol. The second-order valence-corrected chi connectivity index (χ2v) is 11.6. The largest absolute Gasteiger partial charge is 1.00 e. The van der Waals surface area contributed by atoms with Crippen LogP contribution in [0.15, 0.2) is 78.2 Å². The molecule has 0 amide bonds. The van der Waals surface area contributed by atoms with Crippen molar-refractivity contribution in [1.82, 2.24) is 9.88 Å². The molecule has 2 heterocycles. The van der Waals surface area contributed by atoms with Gasteiger partial charge in [0.15, 0.2) is 0 Å². The van der Waals surface area contributed by atoms with Crippen LogP contribution in [0.5, 0.6) is 5.75 Å². The number of carboxylic acids is 1. The van der Waals surface area contributed by atoms with E-state index in [2.05, 4.69) is 44.2 Å².